The molecule has 0 spiro atoms. The summed E-state index contributed by atoms with van der Waals surface area (Å²) >= 11 is 0. The zero-order valence-electron chi connectivity index (χ0n) is 9.12. The normalized spacial score (nSPS) is 9.31. The molecule has 0 aliphatic carbocycles. The van der Waals surface area contributed by atoms with Gasteiger partial charge in [0.25, 0.3) is 0 Å². The minimum Gasteiger partial charge on any atom is -0.481 e. The Morgan fingerprint density at radius 1 is 1.31 bits per heavy atom. The molecule has 0 atom stereocenters. The number of ether oxygens (including phenoxy) is 1. The van der Waals surface area contributed by atoms with Crippen molar-refractivity contribution in [3.05, 3.63) is 12.2 Å². The maximum Gasteiger partial charge on any atom is 0.306 e. The van der Waals surface area contributed by atoms with Crippen LogP contribution in [0.1, 0.15) is 19.8 Å². The first-order valence-electron chi connectivity index (χ1n) is 4.74. The molecule has 1 amide bonds. The van der Waals surface area contributed by atoms with Crippen molar-refractivity contribution >= 4 is 17.8 Å². The zero-order valence-corrected chi connectivity index (χ0v) is 9.12. The lowest BCUT2D eigenvalue weighted by Gasteiger charge is -2.05. The van der Waals surface area contributed by atoms with Gasteiger partial charge in [-0.05, 0) is 6.92 Å². The van der Waals surface area contributed by atoms with Crippen molar-refractivity contribution in [3.8, 4) is 0 Å². The summed E-state index contributed by atoms with van der Waals surface area (Å²) < 4.78 is 4.68. The van der Waals surface area contributed by atoms with Crippen LogP contribution in [0.15, 0.2) is 12.2 Å². The lowest BCUT2D eigenvalue weighted by Crippen LogP contribution is -2.28. The van der Waals surface area contributed by atoms with Crippen LogP contribution in [0.25, 0.3) is 0 Å². The van der Waals surface area contributed by atoms with E-state index in [2.05, 4.69) is 16.6 Å². The molecule has 0 aliphatic heterocycles. The van der Waals surface area contributed by atoms with Crippen molar-refractivity contribution < 1.29 is 24.2 Å². The lowest BCUT2D eigenvalue weighted by molar-refractivity contribution is -0.147. The van der Waals surface area contributed by atoms with Crippen molar-refractivity contribution in [2.75, 3.05) is 13.2 Å². The second-order valence-electron chi connectivity index (χ2n) is 3.15. The summed E-state index contributed by atoms with van der Waals surface area (Å²) in [6.07, 6.45) is -0.416. The van der Waals surface area contributed by atoms with Crippen molar-refractivity contribution in [1.82, 2.24) is 5.32 Å². The van der Waals surface area contributed by atoms with E-state index in [0.29, 0.717) is 5.57 Å². The fraction of sp³-hybridized carbons (Fsp3) is 0.500. The van der Waals surface area contributed by atoms with Crippen molar-refractivity contribution in [2.24, 2.45) is 0 Å². The van der Waals surface area contributed by atoms with Gasteiger partial charge in [-0.15, -0.1) is 0 Å². The molecule has 90 valence electrons. The van der Waals surface area contributed by atoms with Crippen LogP contribution in [-0.2, 0) is 19.1 Å². The van der Waals surface area contributed by atoms with Gasteiger partial charge in [-0.25, -0.2) is 0 Å². The van der Waals surface area contributed by atoms with E-state index in [0.717, 1.165) is 0 Å². The molecule has 2 N–H and O–H groups in total. The smallest absolute Gasteiger partial charge is 0.306 e. The topological polar surface area (TPSA) is 92.7 Å². The largest absolute Gasteiger partial charge is 0.481 e. The fourth-order valence-corrected chi connectivity index (χ4v) is 0.761. The zero-order chi connectivity index (χ0) is 12.6. The molecular formula is C10H15NO5. The number of hydrogen-bond acceptors (Lipinski definition) is 4. The summed E-state index contributed by atoms with van der Waals surface area (Å²) in [4.78, 5) is 32.0. The fourth-order valence-electron chi connectivity index (χ4n) is 0.761. The van der Waals surface area contributed by atoms with Gasteiger partial charge in [-0.2, -0.15) is 0 Å². The van der Waals surface area contributed by atoms with Gasteiger partial charge in [0.15, 0.2) is 0 Å². The first-order valence-corrected chi connectivity index (χ1v) is 4.74. The second kappa shape index (κ2) is 7.44. The predicted octanol–water partition coefficient (Wildman–Crippen LogP) is 0.0867. The van der Waals surface area contributed by atoms with Gasteiger partial charge in [0.1, 0.15) is 6.61 Å². The van der Waals surface area contributed by atoms with E-state index >= 15 is 0 Å². The number of carbonyl (C=O) groups excluding carboxylic acids is 2. The van der Waals surface area contributed by atoms with E-state index < -0.39 is 11.9 Å². The third-order valence-electron chi connectivity index (χ3n) is 1.58. The van der Waals surface area contributed by atoms with Crippen LogP contribution < -0.4 is 5.32 Å². The van der Waals surface area contributed by atoms with Crippen LogP contribution in [0.4, 0.5) is 0 Å². The molecule has 0 rings (SSSR count). The number of aliphatic carboxylic acids is 1. The maximum absolute atomic E-state index is 11.0. The average Bonchev–Trinajstić information content (AvgIpc) is 2.20. The number of carboxylic acid groups (broad SMARTS) is 1. The highest BCUT2D eigenvalue weighted by molar-refractivity contribution is 5.92. The van der Waals surface area contributed by atoms with Crippen LogP contribution in [0, 0.1) is 0 Å². The van der Waals surface area contributed by atoms with Gasteiger partial charge in [0.05, 0.1) is 19.4 Å². The molecule has 0 saturated carbocycles. The lowest BCUT2D eigenvalue weighted by atomic mass is 10.3. The van der Waals surface area contributed by atoms with Crippen molar-refractivity contribution in [3.63, 3.8) is 0 Å². The number of rotatable bonds is 7. The summed E-state index contributed by atoms with van der Waals surface area (Å²) in [7, 11) is 0. The number of nitrogens with one attached hydrogen (secondary N) is 1. The van der Waals surface area contributed by atoms with Crippen molar-refractivity contribution in [1.29, 1.82) is 0 Å². The Morgan fingerprint density at radius 3 is 2.44 bits per heavy atom. The number of carboxylic acids is 1. The maximum atomic E-state index is 11.0. The van der Waals surface area contributed by atoms with Gasteiger partial charge in [-0.1, -0.05) is 6.58 Å². The van der Waals surface area contributed by atoms with Crippen LogP contribution in [0.2, 0.25) is 0 Å². The Morgan fingerprint density at radius 2 is 1.94 bits per heavy atom. The average molecular weight is 229 g/mol. The molecule has 0 bridgehead atoms. The van der Waals surface area contributed by atoms with E-state index in [9.17, 15) is 14.4 Å². The number of amides is 1. The predicted molar refractivity (Wildman–Crippen MR) is 55.7 cm³/mol. The Bertz CT molecular complexity index is 298. The van der Waals surface area contributed by atoms with Gasteiger partial charge >= 0.3 is 11.9 Å². The van der Waals surface area contributed by atoms with Crippen LogP contribution in [0.5, 0.6) is 0 Å². The number of esters is 1. The Labute approximate surface area is 93.3 Å². The quantitative estimate of drug-likeness (QED) is 0.366. The first kappa shape index (κ1) is 14.2. The Hall–Kier alpha value is -1.85. The summed E-state index contributed by atoms with van der Waals surface area (Å²) in [6.45, 7) is 5.21. The van der Waals surface area contributed by atoms with Gasteiger partial charge in [0.2, 0.25) is 5.91 Å². The molecule has 0 fully saturated rings. The van der Waals surface area contributed by atoms with Gasteiger partial charge < -0.3 is 15.2 Å². The molecule has 0 aromatic rings. The molecule has 0 heterocycles. The third kappa shape index (κ3) is 7.54. The molecular weight excluding hydrogens is 214 g/mol. The highest BCUT2D eigenvalue weighted by atomic mass is 16.5. The molecule has 0 aromatic carbocycles. The molecule has 6 nitrogen and oxygen atoms in total. The molecule has 0 radical (unpaired) electrons. The molecule has 0 aliphatic rings. The Kier molecular flexibility index (Phi) is 6.58. The second-order valence-corrected chi connectivity index (χ2v) is 3.15. The van der Waals surface area contributed by atoms with E-state index in [1.165, 1.54) is 0 Å². The minimum atomic E-state index is -1.05. The van der Waals surface area contributed by atoms with Gasteiger partial charge in [-0.3, -0.25) is 14.4 Å². The molecule has 16 heavy (non-hydrogen) atoms. The van der Waals surface area contributed by atoms with E-state index in [-0.39, 0.29) is 31.9 Å². The SMILES string of the molecule is C=C(C)C(=O)NCCOC(=O)CCC(=O)O. The monoisotopic (exact) mass is 229 g/mol. The van der Waals surface area contributed by atoms with Crippen molar-refractivity contribution in [2.45, 2.75) is 19.8 Å². The summed E-state index contributed by atoms with van der Waals surface area (Å²) in [5.74, 6) is -1.94. The van der Waals surface area contributed by atoms with Crippen LogP contribution in [0.3, 0.4) is 0 Å². The Balaban J connectivity index is 3.52. The molecule has 0 saturated heterocycles. The minimum absolute atomic E-state index is 0.0253. The molecule has 0 unspecified atom stereocenters. The molecule has 0 aromatic heterocycles. The number of carbonyl (C=O) groups is 3. The van der Waals surface area contributed by atoms with Crippen LogP contribution in [-0.4, -0.2) is 36.1 Å². The number of hydrogen-bond donors (Lipinski definition) is 2. The third-order valence-corrected chi connectivity index (χ3v) is 1.58. The summed E-state index contributed by atoms with van der Waals surface area (Å²) in [6, 6.07) is 0. The first-order chi connectivity index (χ1) is 7.43. The molecule has 6 heteroatoms. The standard InChI is InChI=1S/C10H15NO5/c1-7(2)10(15)11-5-6-16-9(14)4-3-8(12)13/h1,3-6H2,2H3,(H,11,15)(H,12,13). The van der Waals surface area contributed by atoms with Gasteiger partial charge in [0, 0.05) is 5.57 Å². The summed E-state index contributed by atoms with van der Waals surface area (Å²) in [5, 5.41) is 10.8. The van der Waals surface area contributed by atoms with E-state index in [1.807, 2.05) is 0 Å². The van der Waals surface area contributed by atoms with E-state index in [1.54, 1.807) is 6.92 Å². The highest BCUT2D eigenvalue weighted by Crippen LogP contribution is 1.92. The summed E-state index contributed by atoms with van der Waals surface area (Å²) in [5.41, 5.74) is 0.372. The highest BCUT2D eigenvalue weighted by Gasteiger charge is 2.06. The van der Waals surface area contributed by atoms with E-state index in [4.69, 9.17) is 5.11 Å². The van der Waals surface area contributed by atoms with Crippen LogP contribution >= 0.6 is 0 Å².